The predicted molar refractivity (Wildman–Crippen MR) is 76.1 cm³/mol. The molecule has 0 aromatic carbocycles. The number of ether oxygens (including phenoxy) is 1. The fourth-order valence-electron chi connectivity index (χ4n) is 4.82. The quantitative estimate of drug-likeness (QED) is 0.852. The molecule has 2 saturated carbocycles. The van der Waals surface area contributed by atoms with Gasteiger partial charge in [0.15, 0.2) is 0 Å². The molecule has 3 heteroatoms. The summed E-state index contributed by atoms with van der Waals surface area (Å²) in [7, 11) is 2.28. The Balaban J connectivity index is 1.67. The molecule has 0 aromatic heterocycles. The zero-order valence-electron chi connectivity index (χ0n) is 12.3. The van der Waals surface area contributed by atoms with E-state index in [-0.39, 0.29) is 6.10 Å². The third-order valence-corrected chi connectivity index (χ3v) is 5.88. The van der Waals surface area contributed by atoms with E-state index in [2.05, 4.69) is 11.9 Å². The molecule has 0 bridgehead atoms. The van der Waals surface area contributed by atoms with Gasteiger partial charge in [-0.25, -0.2) is 0 Å². The van der Waals surface area contributed by atoms with Crippen LogP contribution in [-0.2, 0) is 4.74 Å². The van der Waals surface area contributed by atoms with E-state index in [0.717, 1.165) is 32.6 Å². The van der Waals surface area contributed by atoms with Crippen LogP contribution in [0.2, 0.25) is 0 Å². The summed E-state index contributed by atoms with van der Waals surface area (Å²) in [5.41, 5.74) is 0.521. The van der Waals surface area contributed by atoms with Crippen molar-refractivity contribution < 1.29 is 9.84 Å². The first kappa shape index (κ1) is 13.8. The maximum Gasteiger partial charge on any atom is 0.0555 e. The van der Waals surface area contributed by atoms with Gasteiger partial charge < -0.3 is 14.7 Å². The van der Waals surface area contributed by atoms with Crippen LogP contribution in [0.25, 0.3) is 0 Å². The predicted octanol–water partition coefficient (Wildman–Crippen LogP) is 2.43. The maximum atomic E-state index is 10.1. The third kappa shape index (κ3) is 2.84. The molecule has 0 radical (unpaired) electrons. The van der Waals surface area contributed by atoms with Gasteiger partial charge in [-0.1, -0.05) is 12.8 Å². The zero-order valence-corrected chi connectivity index (χ0v) is 12.3. The minimum Gasteiger partial charge on any atom is -0.393 e. The smallest absolute Gasteiger partial charge is 0.0555 e. The number of aliphatic hydroxyl groups is 1. The molecular formula is C16H29NO2. The summed E-state index contributed by atoms with van der Waals surface area (Å²) in [6.07, 6.45) is 9.96. The van der Waals surface area contributed by atoms with Crippen molar-refractivity contribution in [3.8, 4) is 0 Å². The Hall–Kier alpha value is -0.120. The largest absolute Gasteiger partial charge is 0.393 e. The Morgan fingerprint density at radius 1 is 1.21 bits per heavy atom. The van der Waals surface area contributed by atoms with Gasteiger partial charge in [-0.3, -0.25) is 0 Å². The van der Waals surface area contributed by atoms with Gasteiger partial charge in [0.1, 0.15) is 0 Å². The summed E-state index contributed by atoms with van der Waals surface area (Å²) in [6.45, 7) is 3.03. The lowest BCUT2D eigenvalue weighted by Gasteiger charge is -2.48. The van der Waals surface area contributed by atoms with Crippen LogP contribution in [0.4, 0.5) is 0 Å². The molecule has 19 heavy (non-hydrogen) atoms. The summed E-state index contributed by atoms with van der Waals surface area (Å²) in [4.78, 5) is 2.56. The first-order valence-corrected chi connectivity index (χ1v) is 8.16. The van der Waals surface area contributed by atoms with Crippen LogP contribution in [0.5, 0.6) is 0 Å². The van der Waals surface area contributed by atoms with Crippen molar-refractivity contribution in [1.29, 1.82) is 0 Å². The monoisotopic (exact) mass is 267 g/mol. The van der Waals surface area contributed by atoms with Crippen LogP contribution < -0.4 is 0 Å². The standard InChI is InChI=1S/C16H29NO2/c1-17(11-13-5-9-19-12-13)15-10-14(18)4-8-16(15)6-2-3-7-16/h13-15,18H,2-12H2,1H3. The fraction of sp³-hybridized carbons (Fsp3) is 1.00. The highest BCUT2D eigenvalue weighted by atomic mass is 16.5. The van der Waals surface area contributed by atoms with Crippen molar-refractivity contribution >= 4 is 0 Å². The molecule has 3 fully saturated rings. The molecule has 110 valence electrons. The van der Waals surface area contributed by atoms with E-state index in [0.29, 0.717) is 17.4 Å². The van der Waals surface area contributed by atoms with Gasteiger partial charge in [0, 0.05) is 19.2 Å². The summed E-state index contributed by atoms with van der Waals surface area (Å²) < 4.78 is 5.51. The lowest BCUT2D eigenvalue weighted by molar-refractivity contribution is -0.0217. The SMILES string of the molecule is CN(CC1CCOC1)C1CC(O)CCC12CCCC2. The summed E-state index contributed by atoms with van der Waals surface area (Å²) >= 11 is 0. The van der Waals surface area contributed by atoms with E-state index in [1.165, 1.54) is 38.5 Å². The highest BCUT2D eigenvalue weighted by Crippen LogP contribution is 2.50. The molecule has 1 heterocycles. The summed E-state index contributed by atoms with van der Waals surface area (Å²) in [5.74, 6) is 0.711. The second-order valence-corrected chi connectivity index (χ2v) is 7.18. The van der Waals surface area contributed by atoms with Gasteiger partial charge in [-0.05, 0) is 56.9 Å². The molecule has 3 rings (SSSR count). The molecule has 3 unspecified atom stereocenters. The average Bonchev–Trinajstić information content (AvgIpc) is 3.05. The van der Waals surface area contributed by atoms with Crippen molar-refractivity contribution in [2.45, 2.75) is 63.5 Å². The van der Waals surface area contributed by atoms with Crippen molar-refractivity contribution in [2.24, 2.45) is 11.3 Å². The van der Waals surface area contributed by atoms with E-state index < -0.39 is 0 Å². The highest BCUT2D eigenvalue weighted by molar-refractivity contribution is 5.00. The van der Waals surface area contributed by atoms with Gasteiger partial charge in [0.25, 0.3) is 0 Å². The highest BCUT2D eigenvalue weighted by Gasteiger charge is 2.46. The molecule has 0 aromatic rings. The number of hydrogen-bond acceptors (Lipinski definition) is 3. The van der Waals surface area contributed by atoms with E-state index in [1.54, 1.807) is 0 Å². The van der Waals surface area contributed by atoms with Gasteiger partial charge >= 0.3 is 0 Å². The minimum absolute atomic E-state index is 0.0708. The Kier molecular flexibility index (Phi) is 4.16. The van der Waals surface area contributed by atoms with Gasteiger partial charge in [-0.15, -0.1) is 0 Å². The van der Waals surface area contributed by atoms with Crippen LogP contribution in [0.15, 0.2) is 0 Å². The molecule has 1 spiro atoms. The van der Waals surface area contributed by atoms with Gasteiger partial charge in [0.2, 0.25) is 0 Å². The zero-order chi connectivity index (χ0) is 13.3. The molecule has 2 aliphatic carbocycles. The molecule has 3 nitrogen and oxygen atoms in total. The molecule has 1 N–H and O–H groups in total. The summed E-state index contributed by atoms with van der Waals surface area (Å²) in [6, 6.07) is 0.597. The van der Waals surface area contributed by atoms with Gasteiger partial charge in [0.05, 0.1) is 12.7 Å². The Morgan fingerprint density at radius 2 is 2.00 bits per heavy atom. The lowest BCUT2D eigenvalue weighted by Crippen LogP contribution is -2.51. The average molecular weight is 267 g/mol. The lowest BCUT2D eigenvalue weighted by atomic mass is 9.67. The van der Waals surface area contributed by atoms with Gasteiger partial charge in [-0.2, -0.15) is 0 Å². The Bertz CT molecular complexity index is 295. The molecule has 1 saturated heterocycles. The van der Waals surface area contributed by atoms with Crippen LogP contribution in [-0.4, -0.2) is 49.0 Å². The fourth-order valence-corrected chi connectivity index (χ4v) is 4.82. The van der Waals surface area contributed by atoms with E-state index in [1.807, 2.05) is 0 Å². The molecule has 0 amide bonds. The second-order valence-electron chi connectivity index (χ2n) is 7.18. The number of aliphatic hydroxyl groups excluding tert-OH is 1. The molecule has 3 aliphatic rings. The first-order valence-electron chi connectivity index (χ1n) is 8.16. The van der Waals surface area contributed by atoms with Crippen LogP contribution in [0.3, 0.4) is 0 Å². The Morgan fingerprint density at radius 3 is 2.68 bits per heavy atom. The van der Waals surface area contributed by atoms with E-state index in [4.69, 9.17) is 4.74 Å². The topological polar surface area (TPSA) is 32.7 Å². The summed E-state index contributed by atoms with van der Waals surface area (Å²) in [5, 5.41) is 10.1. The number of nitrogens with zero attached hydrogens (tertiary/aromatic N) is 1. The number of hydrogen-bond donors (Lipinski definition) is 1. The van der Waals surface area contributed by atoms with E-state index in [9.17, 15) is 5.11 Å². The van der Waals surface area contributed by atoms with Crippen LogP contribution >= 0.6 is 0 Å². The first-order chi connectivity index (χ1) is 9.20. The second kappa shape index (κ2) is 5.71. The minimum atomic E-state index is -0.0708. The Labute approximate surface area is 117 Å². The number of rotatable bonds is 3. The third-order valence-electron chi connectivity index (χ3n) is 5.88. The molecule has 3 atom stereocenters. The molecule has 1 aliphatic heterocycles. The van der Waals surface area contributed by atoms with Crippen molar-refractivity contribution in [3.63, 3.8) is 0 Å². The van der Waals surface area contributed by atoms with Crippen LogP contribution in [0.1, 0.15) is 51.4 Å². The van der Waals surface area contributed by atoms with Crippen molar-refractivity contribution in [3.05, 3.63) is 0 Å². The van der Waals surface area contributed by atoms with Crippen molar-refractivity contribution in [1.82, 2.24) is 4.90 Å². The van der Waals surface area contributed by atoms with E-state index >= 15 is 0 Å². The molecular weight excluding hydrogens is 238 g/mol. The van der Waals surface area contributed by atoms with Crippen LogP contribution in [0, 0.1) is 11.3 Å². The maximum absolute atomic E-state index is 10.1. The van der Waals surface area contributed by atoms with Crippen molar-refractivity contribution in [2.75, 3.05) is 26.8 Å². The normalized spacial score (nSPS) is 38.4.